The van der Waals surface area contributed by atoms with E-state index in [9.17, 15) is 4.79 Å². The van der Waals surface area contributed by atoms with Crippen molar-refractivity contribution in [3.8, 4) is 0 Å². The summed E-state index contributed by atoms with van der Waals surface area (Å²) in [6.45, 7) is 4.91. The van der Waals surface area contributed by atoms with E-state index in [0.717, 1.165) is 22.8 Å². The van der Waals surface area contributed by atoms with Gasteiger partial charge in [-0.05, 0) is 19.9 Å². The van der Waals surface area contributed by atoms with Gasteiger partial charge in [0.05, 0.1) is 12.9 Å². The molecule has 1 atom stereocenters. The number of nitrogens with one attached hydrogen (secondary N) is 2. The Morgan fingerprint density at radius 2 is 2.29 bits per heavy atom. The molecule has 0 spiro atoms. The maximum atomic E-state index is 11.8. The number of fused-ring (bicyclic) bond motifs is 1. The molecule has 7 nitrogen and oxygen atoms in total. The predicted molar refractivity (Wildman–Crippen MR) is 81.1 cm³/mol. The van der Waals surface area contributed by atoms with E-state index in [1.165, 1.54) is 6.33 Å². The van der Waals surface area contributed by atoms with E-state index in [2.05, 4.69) is 25.3 Å². The van der Waals surface area contributed by atoms with Crippen LogP contribution in [0, 0.1) is 0 Å². The number of imidazole rings is 1. The largest absolute Gasteiger partial charge is 0.465 e. The van der Waals surface area contributed by atoms with Crippen molar-refractivity contribution in [1.82, 2.24) is 25.3 Å². The van der Waals surface area contributed by atoms with Crippen LogP contribution in [0.4, 0.5) is 0 Å². The van der Waals surface area contributed by atoms with Crippen molar-refractivity contribution >= 4 is 28.9 Å². The Labute approximate surface area is 127 Å². The summed E-state index contributed by atoms with van der Waals surface area (Å²) >= 11 is 1.57. The molecule has 114 valence electrons. The quantitative estimate of drug-likeness (QED) is 0.432. The van der Waals surface area contributed by atoms with E-state index >= 15 is 0 Å². The Hall–Kier alpha value is -1.67. The van der Waals surface area contributed by atoms with Crippen molar-refractivity contribution < 1.29 is 9.53 Å². The molecule has 0 amide bonds. The number of thioether (sulfide) groups is 1. The molecule has 0 aromatic carbocycles. The molecule has 0 aliphatic rings. The van der Waals surface area contributed by atoms with Gasteiger partial charge in [-0.2, -0.15) is 0 Å². The third-order valence-electron chi connectivity index (χ3n) is 2.86. The van der Waals surface area contributed by atoms with Crippen LogP contribution in [0.5, 0.6) is 0 Å². The average Bonchev–Trinajstić information content (AvgIpc) is 2.96. The summed E-state index contributed by atoms with van der Waals surface area (Å²) in [5, 5.41) is 3.99. The van der Waals surface area contributed by atoms with Gasteiger partial charge in [-0.1, -0.05) is 6.92 Å². The molecule has 8 heteroatoms. The molecular formula is C13H19N5O2S. The van der Waals surface area contributed by atoms with Crippen LogP contribution >= 0.6 is 11.8 Å². The van der Waals surface area contributed by atoms with Crippen LogP contribution in [0.1, 0.15) is 20.3 Å². The van der Waals surface area contributed by atoms with Gasteiger partial charge in [-0.3, -0.25) is 4.79 Å². The van der Waals surface area contributed by atoms with Gasteiger partial charge in [0.1, 0.15) is 22.9 Å². The standard InChI is InChI=1S/C13H19N5O2S/c1-3-14-9(13(19)20-4-2)5-6-21-12-10-11(16-7-15-10)17-8-18-12/h7-9,14H,3-6H2,1-2H3,(H,15,16,17,18). The number of hydrogen-bond acceptors (Lipinski definition) is 7. The number of hydrogen-bond donors (Lipinski definition) is 2. The van der Waals surface area contributed by atoms with E-state index in [-0.39, 0.29) is 12.0 Å². The Balaban J connectivity index is 1.92. The third kappa shape index (κ3) is 4.15. The van der Waals surface area contributed by atoms with Gasteiger partial charge >= 0.3 is 5.97 Å². The summed E-state index contributed by atoms with van der Waals surface area (Å²) in [7, 11) is 0. The minimum atomic E-state index is -0.276. The monoisotopic (exact) mass is 309 g/mol. The lowest BCUT2D eigenvalue weighted by atomic mass is 10.2. The lowest BCUT2D eigenvalue weighted by Gasteiger charge is -2.15. The maximum Gasteiger partial charge on any atom is 0.323 e. The van der Waals surface area contributed by atoms with E-state index in [1.54, 1.807) is 18.1 Å². The summed E-state index contributed by atoms with van der Waals surface area (Å²) in [4.78, 5) is 27.3. The number of esters is 1. The molecule has 2 N–H and O–H groups in total. The fourth-order valence-corrected chi connectivity index (χ4v) is 2.88. The zero-order chi connectivity index (χ0) is 15.1. The highest BCUT2D eigenvalue weighted by Crippen LogP contribution is 2.22. The topological polar surface area (TPSA) is 92.8 Å². The molecule has 0 saturated carbocycles. The van der Waals surface area contributed by atoms with Crippen LogP contribution in [-0.2, 0) is 9.53 Å². The normalized spacial score (nSPS) is 12.5. The van der Waals surface area contributed by atoms with Crippen LogP contribution in [0.2, 0.25) is 0 Å². The van der Waals surface area contributed by atoms with Crippen LogP contribution in [0.25, 0.3) is 11.2 Å². The van der Waals surface area contributed by atoms with Gasteiger partial charge in [0, 0.05) is 5.75 Å². The zero-order valence-corrected chi connectivity index (χ0v) is 12.9. The van der Waals surface area contributed by atoms with Crippen LogP contribution in [-0.4, -0.2) is 50.9 Å². The number of H-pyrrole nitrogens is 1. The van der Waals surface area contributed by atoms with E-state index in [1.807, 2.05) is 13.8 Å². The highest BCUT2D eigenvalue weighted by Gasteiger charge is 2.18. The Morgan fingerprint density at radius 1 is 1.43 bits per heavy atom. The average molecular weight is 309 g/mol. The Kier molecular flexibility index (Phi) is 5.94. The number of aromatic amines is 1. The molecule has 2 heterocycles. The van der Waals surface area contributed by atoms with Gasteiger partial charge in [0.15, 0.2) is 5.65 Å². The number of likely N-dealkylation sites (N-methyl/N-ethyl adjacent to an activating group) is 1. The van der Waals surface area contributed by atoms with E-state index in [0.29, 0.717) is 18.7 Å². The van der Waals surface area contributed by atoms with Crippen molar-refractivity contribution in [2.24, 2.45) is 0 Å². The molecule has 2 aromatic heterocycles. The summed E-state index contributed by atoms with van der Waals surface area (Å²) in [5.41, 5.74) is 1.49. The molecule has 0 fully saturated rings. The number of rotatable bonds is 8. The highest BCUT2D eigenvalue weighted by molar-refractivity contribution is 7.99. The molecule has 2 rings (SSSR count). The summed E-state index contributed by atoms with van der Waals surface area (Å²) < 4.78 is 5.06. The summed E-state index contributed by atoms with van der Waals surface area (Å²) in [5.74, 6) is 0.552. The second-order valence-corrected chi connectivity index (χ2v) is 5.36. The van der Waals surface area contributed by atoms with Crippen molar-refractivity contribution in [3.63, 3.8) is 0 Å². The minimum absolute atomic E-state index is 0.200. The van der Waals surface area contributed by atoms with Gasteiger partial charge < -0.3 is 15.0 Å². The van der Waals surface area contributed by atoms with Gasteiger partial charge in [0.25, 0.3) is 0 Å². The Bertz CT molecular complexity index is 589. The van der Waals surface area contributed by atoms with Crippen molar-refractivity contribution in [2.45, 2.75) is 31.3 Å². The van der Waals surface area contributed by atoms with Crippen LogP contribution < -0.4 is 5.32 Å². The number of carbonyl (C=O) groups excluding carboxylic acids is 1. The first-order valence-corrected chi connectivity index (χ1v) is 7.91. The second kappa shape index (κ2) is 7.94. The summed E-state index contributed by atoms with van der Waals surface area (Å²) in [6, 6.07) is -0.276. The first-order chi connectivity index (χ1) is 10.3. The molecule has 0 aliphatic heterocycles. The molecule has 21 heavy (non-hydrogen) atoms. The van der Waals surface area contributed by atoms with Crippen molar-refractivity contribution in [2.75, 3.05) is 18.9 Å². The van der Waals surface area contributed by atoms with E-state index < -0.39 is 0 Å². The first-order valence-electron chi connectivity index (χ1n) is 6.93. The van der Waals surface area contributed by atoms with E-state index in [4.69, 9.17) is 4.74 Å². The number of nitrogens with zero attached hydrogens (tertiary/aromatic N) is 3. The third-order valence-corrected chi connectivity index (χ3v) is 3.88. The predicted octanol–water partition coefficient (Wildman–Crippen LogP) is 1.38. The zero-order valence-electron chi connectivity index (χ0n) is 12.1. The number of aromatic nitrogens is 4. The minimum Gasteiger partial charge on any atom is -0.465 e. The second-order valence-electron chi connectivity index (χ2n) is 4.28. The molecule has 0 radical (unpaired) electrons. The molecule has 0 saturated heterocycles. The number of ether oxygens (including phenoxy) is 1. The summed E-state index contributed by atoms with van der Waals surface area (Å²) in [6.07, 6.45) is 3.78. The van der Waals surface area contributed by atoms with Gasteiger partial charge in [-0.25, -0.2) is 15.0 Å². The molecule has 0 aliphatic carbocycles. The molecule has 0 bridgehead atoms. The molecule has 1 unspecified atom stereocenters. The smallest absolute Gasteiger partial charge is 0.323 e. The Morgan fingerprint density at radius 3 is 3.05 bits per heavy atom. The SMILES string of the molecule is CCNC(CCSc1ncnc2nc[nH]c12)C(=O)OCC. The lowest BCUT2D eigenvalue weighted by Crippen LogP contribution is -2.38. The highest BCUT2D eigenvalue weighted by atomic mass is 32.2. The van der Waals surface area contributed by atoms with Gasteiger partial charge in [-0.15, -0.1) is 11.8 Å². The van der Waals surface area contributed by atoms with Crippen molar-refractivity contribution in [1.29, 1.82) is 0 Å². The molecule has 2 aromatic rings. The van der Waals surface area contributed by atoms with Crippen LogP contribution in [0.15, 0.2) is 17.7 Å². The molecular weight excluding hydrogens is 290 g/mol. The van der Waals surface area contributed by atoms with Crippen molar-refractivity contribution in [3.05, 3.63) is 12.7 Å². The fraction of sp³-hybridized carbons (Fsp3) is 0.538. The number of carbonyl (C=O) groups is 1. The fourth-order valence-electron chi connectivity index (χ4n) is 1.92. The first kappa shape index (κ1) is 15.7. The maximum absolute atomic E-state index is 11.8. The lowest BCUT2D eigenvalue weighted by molar-refractivity contribution is -0.145. The van der Waals surface area contributed by atoms with Gasteiger partial charge in [0.2, 0.25) is 0 Å². The van der Waals surface area contributed by atoms with Crippen LogP contribution in [0.3, 0.4) is 0 Å².